The molecule has 2 unspecified atom stereocenters. The summed E-state index contributed by atoms with van der Waals surface area (Å²) in [6, 6.07) is 20.8. The molecule has 2 aromatic carbocycles. The number of carbonyl (C=O) groups excluding carboxylic acids is 4. The van der Waals surface area contributed by atoms with Crippen LogP contribution >= 0.6 is 11.3 Å². The Morgan fingerprint density at radius 1 is 1.05 bits per heavy atom. The molecular weight excluding hydrogens is 512 g/mol. The molecule has 0 spiro atoms. The number of nitrogens with one attached hydrogen (secondary N) is 1. The standard InChI is InChI=1S/C27H22N2O6S2/c30-15-19-16-37(34)26-22(28-21(31)14-20-12-7-13-36-20)25(32)29(26)23(19)27(33)35-24(17-8-3-1-4-9-17)18-10-5-2-6-11-18/h1-13,15,22,24,26H,14,16H2,(H,28,31)/t22?,26-,37?/m1/s1. The second-order valence-electron chi connectivity index (χ2n) is 8.52. The van der Waals surface area contributed by atoms with Crippen molar-refractivity contribution in [1.29, 1.82) is 0 Å². The van der Waals surface area contributed by atoms with Crippen LogP contribution in [0.2, 0.25) is 0 Å². The van der Waals surface area contributed by atoms with E-state index in [1.807, 2.05) is 72.1 Å². The van der Waals surface area contributed by atoms with Crippen molar-refractivity contribution in [1.82, 2.24) is 10.2 Å². The van der Waals surface area contributed by atoms with Crippen molar-refractivity contribution in [2.45, 2.75) is 23.9 Å². The van der Waals surface area contributed by atoms with Crippen LogP contribution in [-0.2, 0) is 41.1 Å². The molecule has 3 atom stereocenters. The Balaban J connectivity index is 1.40. The molecule has 188 valence electrons. The molecule has 3 heterocycles. The van der Waals surface area contributed by atoms with Gasteiger partial charge in [0.25, 0.3) is 5.91 Å². The third kappa shape index (κ3) is 4.90. The van der Waals surface area contributed by atoms with Gasteiger partial charge in [0, 0.05) is 10.5 Å². The second-order valence-corrected chi connectivity index (χ2v) is 11.1. The van der Waals surface area contributed by atoms with Crippen LogP contribution in [-0.4, -0.2) is 50.3 Å². The molecule has 1 saturated heterocycles. The van der Waals surface area contributed by atoms with E-state index in [4.69, 9.17) is 4.74 Å². The Kier molecular flexibility index (Phi) is 7.11. The SMILES string of the molecule is O=CC1=C(C(=O)OC(c2ccccc2)c2ccccc2)N2C(=O)C(NC(=O)Cc3cccs3)[C@H]2S(=O)C1. The first kappa shape index (κ1) is 24.8. The zero-order valence-corrected chi connectivity index (χ0v) is 21.1. The van der Waals surface area contributed by atoms with E-state index in [2.05, 4.69) is 5.32 Å². The number of benzene rings is 2. The van der Waals surface area contributed by atoms with Crippen molar-refractivity contribution in [2.75, 3.05) is 5.75 Å². The number of esters is 1. The summed E-state index contributed by atoms with van der Waals surface area (Å²) < 4.78 is 18.8. The monoisotopic (exact) mass is 534 g/mol. The maximum absolute atomic E-state index is 13.5. The molecule has 2 amide bonds. The molecule has 2 aliphatic rings. The lowest BCUT2D eigenvalue weighted by Crippen LogP contribution is -2.73. The Hall–Kier alpha value is -3.89. The van der Waals surface area contributed by atoms with Gasteiger partial charge in [0.2, 0.25) is 5.91 Å². The Bertz CT molecular complexity index is 1350. The average molecular weight is 535 g/mol. The zero-order chi connectivity index (χ0) is 25.9. The molecule has 8 nitrogen and oxygen atoms in total. The van der Waals surface area contributed by atoms with Gasteiger partial charge in [-0.2, -0.15) is 0 Å². The lowest BCUT2D eigenvalue weighted by atomic mass is 10.0. The molecule has 0 bridgehead atoms. The van der Waals surface area contributed by atoms with Crippen molar-refractivity contribution in [3.05, 3.63) is 105 Å². The minimum absolute atomic E-state index is 0.0730. The van der Waals surface area contributed by atoms with Gasteiger partial charge in [-0.1, -0.05) is 66.7 Å². The number of carbonyl (C=O) groups is 4. The van der Waals surface area contributed by atoms with Crippen LogP contribution in [0.15, 0.2) is 89.4 Å². The van der Waals surface area contributed by atoms with E-state index in [9.17, 15) is 23.4 Å². The summed E-state index contributed by atoms with van der Waals surface area (Å²) in [4.78, 5) is 52.8. The highest BCUT2D eigenvalue weighted by Crippen LogP contribution is 2.36. The number of thiophene rings is 1. The smallest absolute Gasteiger partial charge is 0.356 e. The summed E-state index contributed by atoms with van der Waals surface area (Å²) in [7, 11) is -1.69. The molecule has 0 aliphatic carbocycles. The van der Waals surface area contributed by atoms with Crippen LogP contribution in [0.4, 0.5) is 0 Å². The number of fused-ring (bicyclic) bond motifs is 1. The van der Waals surface area contributed by atoms with Crippen LogP contribution in [0.1, 0.15) is 22.1 Å². The van der Waals surface area contributed by atoms with Gasteiger partial charge in [0.05, 0.1) is 23.0 Å². The maximum atomic E-state index is 13.5. The summed E-state index contributed by atoms with van der Waals surface area (Å²) >= 11 is 1.41. The number of β-lactam (4-membered cyclic amide) rings is 1. The molecule has 0 saturated carbocycles. The highest BCUT2D eigenvalue weighted by molar-refractivity contribution is 7.86. The van der Waals surface area contributed by atoms with E-state index in [-0.39, 0.29) is 29.4 Å². The summed E-state index contributed by atoms with van der Waals surface area (Å²) in [5, 5.41) is 3.52. The Labute approximate surface area is 219 Å². The quantitative estimate of drug-likeness (QED) is 0.270. The van der Waals surface area contributed by atoms with E-state index < -0.39 is 40.2 Å². The first-order chi connectivity index (χ1) is 18.0. The van der Waals surface area contributed by atoms with Crippen LogP contribution in [0.25, 0.3) is 0 Å². The van der Waals surface area contributed by atoms with Crippen molar-refractivity contribution in [3.8, 4) is 0 Å². The van der Waals surface area contributed by atoms with E-state index >= 15 is 0 Å². The summed E-state index contributed by atoms with van der Waals surface area (Å²) in [6.07, 6.45) is -0.277. The highest BCUT2D eigenvalue weighted by atomic mass is 32.2. The average Bonchev–Trinajstić information content (AvgIpc) is 3.43. The number of hydrogen-bond donors (Lipinski definition) is 1. The maximum Gasteiger partial charge on any atom is 0.356 e. The van der Waals surface area contributed by atoms with Crippen molar-refractivity contribution < 1.29 is 28.1 Å². The lowest BCUT2D eigenvalue weighted by Gasteiger charge is -2.48. The largest absolute Gasteiger partial charge is 0.448 e. The van der Waals surface area contributed by atoms with E-state index in [0.29, 0.717) is 17.4 Å². The predicted octanol–water partition coefficient (Wildman–Crippen LogP) is 2.49. The molecule has 0 radical (unpaired) electrons. The normalized spacial score (nSPS) is 20.7. The zero-order valence-electron chi connectivity index (χ0n) is 19.4. The Morgan fingerprint density at radius 3 is 2.27 bits per heavy atom. The van der Waals surface area contributed by atoms with Crippen molar-refractivity contribution >= 4 is 46.2 Å². The molecular formula is C27H22N2O6S2. The molecule has 1 N–H and O–H groups in total. The van der Waals surface area contributed by atoms with Crippen LogP contribution in [0, 0.1) is 0 Å². The molecule has 5 rings (SSSR count). The number of hydrogen-bond acceptors (Lipinski definition) is 7. The highest BCUT2D eigenvalue weighted by Gasteiger charge is 2.57. The van der Waals surface area contributed by atoms with Gasteiger partial charge in [0.15, 0.2) is 6.10 Å². The molecule has 1 fully saturated rings. The van der Waals surface area contributed by atoms with E-state index in [1.54, 1.807) is 6.07 Å². The predicted molar refractivity (Wildman–Crippen MR) is 138 cm³/mol. The summed E-state index contributed by atoms with van der Waals surface area (Å²) in [5.74, 6) is -2.10. The molecule has 1 aromatic heterocycles. The Morgan fingerprint density at radius 2 is 1.70 bits per heavy atom. The van der Waals surface area contributed by atoms with Crippen LogP contribution in [0.3, 0.4) is 0 Å². The third-order valence-electron chi connectivity index (χ3n) is 6.15. The number of ether oxygens (including phenoxy) is 1. The van der Waals surface area contributed by atoms with Gasteiger partial charge in [-0.05, 0) is 22.6 Å². The fourth-order valence-corrected chi connectivity index (χ4v) is 6.75. The fraction of sp³-hybridized carbons (Fsp3) is 0.185. The lowest BCUT2D eigenvalue weighted by molar-refractivity contribution is -0.155. The van der Waals surface area contributed by atoms with Gasteiger partial charge in [-0.15, -0.1) is 11.3 Å². The number of aldehydes is 1. The van der Waals surface area contributed by atoms with Gasteiger partial charge in [0.1, 0.15) is 23.4 Å². The van der Waals surface area contributed by atoms with Gasteiger partial charge in [-0.25, -0.2) is 4.79 Å². The van der Waals surface area contributed by atoms with Crippen molar-refractivity contribution in [2.24, 2.45) is 0 Å². The summed E-state index contributed by atoms with van der Waals surface area (Å²) in [5.41, 5.74) is 1.11. The van der Waals surface area contributed by atoms with E-state index in [0.717, 1.165) is 9.78 Å². The van der Waals surface area contributed by atoms with Crippen molar-refractivity contribution in [3.63, 3.8) is 0 Å². The third-order valence-corrected chi connectivity index (χ3v) is 8.65. The second kappa shape index (κ2) is 10.6. The van der Waals surface area contributed by atoms with Crippen LogP contribution in [0.5, 0.6) is 0 Å². The number of nitrogens with zero attached hydrogens (tertiary/aromatic N) is 1. The van der Waals surface area contributed by atoms with Gasteiger partial charge in [-0.3, -0.25) is 23.5 Å². The molecule has 37 heavy (non-hydrogen) atoms. The minimum Gasteiger partial charge on any atom is -0.448 e. The molecule has 10 heteroatoms. The summed E-state index contributed by atoms with van der Waals surface area (Å²) in [6.45, 7) is 0. The first-order valence-electron chi connectivity index (χ1n) is 11.5. The topological polar surface area (TPSA) is 110 Å². The first-order valence-corrected chi connectivity index (χ1v) is 13.8. The number of rotatable bonds is 8. The minimum atomic E-state index is -1.69. The van der Waals surface area contributed by atoms with Gasteiger partial charge < -0.3 is 10.1 Å². The van der Waals surface area contributed by atoms with E-state index in [1.165, 1.54) is 11.3 Å². The van der Waals surface area contributed by atoms with Crippen LogP contribution < -0.4 is 5.32 Å². The van der Waals surface area contributed by atoms with Gasteiger partial charge >= 0.3 is 5.97 Å². The molecule has 3 aromatic rings. The molecule has 2 aliphatic heterocycles. The fourth-order valence-electron chi connectivity index (χ4n) is 4.43. The number of amides is 2.